The van der Waals surface area contributed by atoms with E-state index in [1.54, 1.807) is 0 Å². The maximum absolute atomic E-state index is 7.03. The van der Waals surface area contributed by atoms with Crippen molar-refractivity contribution in [1.29, 1.82) is 0 Å². The molecule has 0 radical (unpaired) electrons. The SMILES string of the molecule is CC(C)(C)c1cccc(-c2cccc(-c3cc(C(C)(C)C)cc(C(C)(C)C)c3)c2N2[CH-]N(c3[c-]c(Oc4[c-]c5c(cc4)c4c6c(ccc4n5-c4cc(C(C)(C)C)ccn4)-n4c5ccccc5c5cccc(c54)-c4ccccc4-6)ccc3)c3ccccc32)c1.[Pt]. The van der Waals surface area contributed by atoms with Crippen molar-refractivity contribution in [3.63, 3.8) is 0 Å². The number of hydrogen-bond acceptors (Lipinski definition) is 4. The molecule has 0 aliphatic carbocycles. The first kappa shape index (κ1) is 57.8. The van der Waals surface area contributed by atoms with Crippen LogP contribution in [0.1, 0.15) is 105 Å². The summed E-state index contributed by atoms with van der Waals surface area (Å²) in [5.41, 5.74) is 23.8. The first-order valence-corrected chi connectivity index (χ1v) is 30.9. The summed E-state index contributed by atoms with van der Waals surface area (Å²) in [6, 6.07) is 83.4. The van der Waals surface area contributed by atoms with Crippen molar-refractivity contribution in [2.24, 2.45) is 0 Å². The number of fused-ring (bicyclic) bond motifs is 13. The first-order chi connectivity index (χ1) is 42.2. The zero-order valence-corrected chi connectivity index (χ0v) is 55.0. The van der Waals surface area contributed by atoms with Crippen LogP contribution in [0.15, 0.2) is 212 Å². The van der Waals surface area contributed by atoms with Crippen molar-refractivity contribution in [3.8, 4) is 67.5 Å². The molecule has 444 valence electrons. The van der Waals surface area contributed by atoms with Gasteiger partial charge in [-0.3, -0.25) is 0 Å². The van der Waals surface area contributed by atoms with Gasteiger partial charge in [-0.1, -0.05) is 222 Å². The molecule has 0 fully saturated rings. The number of pyridine rings is 1. The molecular formula is C82H72N5OPt-3. The minimum absolute atomic E-state index is 0. The minimum Gasteiger partial charge on any atom is -0.509 e. The molecule has 0 saturated carbocycles. The number of anilines is 4. The van der Waals surface area contributed by atoms with E-state index < -0.39 is 0 Å². The van der Waals surface area contributed by atoms with Gasteiger partial charge in [0.15, 0.2) is 0 Å². The fraction of sp³-hybridized carbons (Fsp3) is 0.195. The van der Waals surface area contributed by atoms with E-state index in [1.165, 1.54) is 77.4 Å². The summed E-state index contributed by atoms with van der Waals surface area (Å²) in [4.78, 5) is 9.80. The normalized spacial score (nSPS) is 13.2. The molecule has 0 bridgehead atoms. The monoisotopic (exact) mass is 1340 g/mol. The Morgan fingerprint density at radius 2 is 0.989 bits per heavy atom. The molecule has 13 aromatic rings. The van der Waals surface area contributed by atoms with Crippen LogP contribution in [0.4, 0.5) is 22.7 Å². The number of aromatic nitrogens is 3. The summed E-state index contributed by atoms with van der Waals surface area (Å²) in [5, 5.41) is 4.67. The van der Waals surface area contributed by atoms with Crippen molar-refractivity contribution in [3.05, 3.63) is 254 Å². The van der Waals surface area contributed by atoms with Crippen LogP contribution in [-0.4, -0.2) is 14.1 Å². The van der Waals surface area contributed by atoms with Gasteiger partial charge in [0.2, 0.25) is 0 Å². The van der Waals surface area contributed by atoms with Crippen LogP contribution in [0.2, 0.25) is 0 Å². The summed E-state index contributed by atoms with van der Waals surface area (Å²) in [7, 11) is 0. The van der Waals surface area contributed by atoms with Gasteiger partial charge in [0.25, 0.3) is 0 Å². The summed E-state index contributed by atoms with van der Waals surface area (Å²) in [6.45, 7) is 29.8. The van der Waals surface area contributed by atoms with Crippen molar-refractivity contribution in [1.82, 2.24) is 14.1 Å². The predicted octanol–water partition coefficient (Wildman–Crippen LogP) is 22.2. The van der Waals surface area contributed by atoms with E-state index in [-0.39, 0.29) is 42.7 Å². The summed E-state index contributed by atoms with van der Waals surface area (Å²) < 4.78 is 11.8. The van der Waals surface area contributed by atoms with Crippen LogP contribution in [0.5, 0.6) is 11.5 Å². The zero-order valence-electron chi connectivity index (χ0n) is 52.7. The number of benzene rings is 10. The Morgan fingerprint density at radius 3 is 1.73 bits per heavy atom. The van der Waals surface area contributed by atoms with Crippen molar-refractivity contribution < 1.29 is 25.8 Å². The Labute approximate surface area is 538 Å². The second-order valence-electron chi connectivity index (χ2n) is 28.2. The Morgan fingerprint density at radius 1 is 0.404 bits per heavy atom. The fourth-order valence-electron chi connectivity index (χ4n) is 13.5. The zero-order chi connectivity index (χ0) is 60.8. The van der Waals surface area contributed by atoms with Gasteiger partial charge in [-0.05, 0) is 114 Å². The van der Waals surface area contributed by atoms with Crippen LogP contribution >= 0.6 is 0 Å². The standard InChI is InChI=1S/C82H72N5O.Pt/c1-79(2,3)53-24-19-23-51(43-53)60-30-21-31-61(52-44-55(81(7,8)9)46-56(45-52)82(10,11)12)77(60)85-50-84(69-35-17-18-36-70(69)85)57-25-20-26-58(48-57)88-59-37-38-67-73(49-59)86(74-47-54(41-42-83-74)80(4,5)6)71-39-40-72-75(76(67)71)64-29-14-13-27-62(64)65-32-22-33-66-63-28-15-16-34-68(63)87(72)78(65)66;/h13-47,50H,1-12H3;/q-3;. The molecule has 0 saturated heterocycles. The molecule has 0 amide bonds. The number of rotatable bonds is 7. The maximum atomic E-state index is 7.03. The van der Waals surface area contributed by atoms with Crippen molar-refractivity contribution >= 4 is 66.4 Å². The van der Waals surface area contributed by atoms with Gasteiger partial charge < -0.3 is 23.7 Å². The second-order valence-corrected chi connectivity index (χ2v) is 28.2. The molecule has 0 unspecified atom stereocenters. The average Bonchev–Trinajstić information content (AvgIpc) is 1.61. The Balaban J connectivity index is 0.00000694. The molecule has 15 rings (SSSR count). The van der Waals surface area contributed by atoms with E-state index in [9.17, 15) is 0 Å². The van der Waals surface area contributed by atoms with Gasteiger partial charge in [-0.25, -0.2) is 4.98 Å². The molecular weight excluding hydrogens is 1270 g/mol. The Hall–Kier alpha value is -8.96. The third-order valence-electron chi connectivity index (χ3n) is 18.2. The molecule has 0 N–H and O–H groups in total. The molecule has 6 nitrogen and oxygen atoms in total. The van der Waals surface area contributed by atoms with E-state index in [1.807, 2.05) is 12.3 Å². The summed E-state index contributed by atoms with van der Waals surface area (Å²) >= 11 is 0. The molecule has 89 heavy (non-hydrogen) atoms. The van der Waals surface area contributed by atoms with E-state index in [2.05, 4.69) is 321 Å². The average molecular weight is 1340 g/mol. The molecule has 2 aliphatic heterocycles. The third-order valence-corrected chi connectivity index (χ3v) is 18.2. The number of para-hydroxylation sites is 5. The van der Waals surface area contributed by atoms with Crippen LogP contribution in [-0.2, 0) is 42.7 Å². The van der Waals surface area contributed by atoms with Crippen LogP contribution in [0.3, 0.4) is 0 Å². The molecule has 10 aromatic carbocycles. The Kier molecular flexibility index (Phi) is 13.7. The largest absolute Gasteiger partial charge is 0.509 e. The van der Waals surface area contributed by atoms with E-state index in [4.69, 9.17) is 9.72 Å². The van der Waals surface area contributed by atoms with Gasteiger partial charge in [0, 0.05) is 94.4 Å². The second kappa shape index (κ2) is 21.1. The van der Waals surface area contributed by atoms with Gasteiger partial charge in [0.1, 0.15) is 5.82 Å². The summed E-state index contributed by atoms with van der Waals surface area (Å²) in [5.74, 6) is 1.97. The van der Waals surface area contributed by atoms with Crippen molar-refractivity contribution in [2.75, 3.05) is 9.80 Å². The topological polar surface area (TPSA) is 38.5 Å². The summed E-state index contributed by atoms with van der Waals surface area (Å²) in [6.07, 6.45) is 1.94. The molecule has 3 aromatic heterocycles. The molecule has 5 heterocycles. The minimum atomic E-state index is -0.111. The van der Waals surface area contributed by atoms with Crippen molar-refractivity contribution in [2.45, 2.75) is 105 Å². The van der Waals surface area contributed by atoms with Gasteiger partial charge in [-0.2, -0.15) is 12.1 Å². The van der Waals surface area contributed by atoms with Gasteiger partial charge in [-0.15, -0.1) is 48.1 Å². The predicted molar refractivity (Wildman–Crippen MR) is 369 cm³/mol. The number of hydrogen-bond donors (Lipinski definition) is 0. The smallest absolute Gasteiger partial charge is 0.135 e. The number of ether oxygens (including phenoxy) is 1. The maximum Gasteiger partial charge on any atom is 0.135 e. The molecule has 0 spiro atoms. The molecule has 7 heteroatoms. The van der Waals surface area contributed by atoms with Crippen LogP contribution in [0, 0.1) is 18.8 Å². The quantitative estimate of drug-likeness (QED) is 0.149. The molecule has 0 atom stereocenters. The Bertz CT molecular complexity index is 4960. The number of nitrogens with zero attached hydrogens (tertiary/aromatic N) is 5. The van der Waals surface area contributed by atoms with Crippen LogP contribution < -0.4 is 14.5 Å². The van der Waals surface area contributed by atoms with E-state index >= 15 is 0 Å². The van der Waals surface area contributed by atoms with Gasteiger partial charge >= 0.3 is 0 Å². The van der Waals surface area contributed by atoms with E-state index in [0.29, 0.717) is 11.5 Å². The van der Waals surface area contributed by atoms with Gasteiger partial charge in [0.05, 0.1) is 16.7 Å². The third kappa shape index (κ3) is 9.69. The first-order valence-electron chi connectivity index (χ1n) is 30.9. The van der Waals surface area contributed by atoms with Crippen LogP contribution in [0.25, 0.3) is 99.6 Å². The molecule has 2 aliphatic rings. The van der Waals surface area contributed by atoms with E-state index in [0.717, 1.165) is 67.2 Å². The fourth-order valence-corrected chi connectivity index (χ4v) is 13.5.